The zero-order valence-electron chi connectivity index (χ0n) is 13.0. The number of nitrogens with zero attached hydrogens (tertiary/aromatic N) is 1. The summed E-state index contributed by atoms with van der Waals surface area (Å²) in [6.45, 7) is 12.8. The predicted octanol–water partition coefficient (Wildman–Crippen LogP) is 3.79. The van der Waals surface area contributed by atoms with Crippen LogP contribution in [0.15, 0.2) is 16.5 Å². The first-order valence-electron chi connectivity index (χ1n) is 7.73. The highest BCUT2D eigenvalue weighted by molar-refractivity contribution is 5.07. The molecule has 1 atom stereocenters. The van der Waals surface area contributed by atoms with Gasteiger partial charge in [-0.05, 0) is 45.0 Å². The number of rotatable bonds is 10. The number of furan rings is 1. The molecular weight excluding hydrogens is 236 g/mol. The number of hydrogen-bond acceptors (Lipinski definition) is 3. The first kappa shape index (κ1) is 16.3. The third-order valence-electron chi connectivity index (χ3n) is 3.64. The Balaban J connectivity index is 2.54. The Morgan fingerprint density at radius 1 is 1.21 bits per heavy atom. The highest BCUT2D eigenvalue weighted by atomic mass is 16.3. The van der Waals surface area contributed by atoms with Crippen LogP contribution < -0.4 is 5.32 Å². The summed E-state index contributed by atoms with van der Waals surface area (Å²) in [4.78, 5) is 2.53. The summed E-state index contributed by atoms with van der Waals surface area (Å²) in [7, 11) is 0. The van der Waals surface area contributed by atoms with Crippen LogP contribution in [0.5, 0.6) is 0 Å². The van der Waals surface area contributed by atoms with E-state index >= 15 is 0 Å². The minimum Gasteiger partial charge on any atom is -0.463 e. The van der Waals surface area contributed by atoms with Crippen LogP contribution in [0.25, 0.3) is 0 Å². The molecule has 1 rings (SSSR count). The molecule has 0 amide bonds. The van der Waals surface area contributed by atoms with Crippen LogP contribution in [0, 0.1) is 0 Å². The lowest BCUT2D eigenvalue weighted by Gasteiger charge is -2.27. The Bertz CT molecular complexity index is 335. The number of unbranched alkanes of at least 4 members (excludes halogenated alkanes) is 1. The Hall–Kier alpha value is -0.800. The van der Waals surface area contributed by atoms with Crippen molar-refractivity contribution in [1.82, 2.24) is 10.2 Å². The van der Waals surface area contributed by atoms with E-state index in [4.69, 9.17) is 4.42 Å². The van der Waals surface area contributed by atoms with Crippen LogP contribution in [0.4, 0.5) is 0 Å². The van der Waals surface area contributed by atoms with Gasteiger partial charge in [0, 0.05) is 6.04 Å². The van der Waals surface area contributed by atoms with Gasteiger partial charge in [-0.25, -0.2) is 0 Å². The average molecular weight is 266 g/mol. The van der Waals surface area contributed by atoms with Crippen molar-refractivity contribution in [2.75, 3.05) is 13.1 Å². The van der Waals surface area contributed by atoms with Crippen molar-refractivity contribution < 1.29 is 4.42 Å². The Kier molecular flexibility index (Phi) is 7.84. The maximum atomic E-state index is 5.89. The molecule has 3 heteroatoms. The largest absolute Gasteiger partial charge is 0.463 e. The van der Waals surface area contributed by atoms with E-state index in [1.165, 1.54) is 19.3 Å². The minimum absolute atomic E-state index is 0.619. The molecule has 0 bridgehead atoms. The van der Waals surface area contributed by atoms with Gasteiger partial charge in [0.05, 0.1) is 13.1 Å². The molecule has 19 heavy (non-hydrogen) atoms. The summed E-state index contributed by atoms with van der Waals surface area (Å²) in [6.07, 6.45) is 3.70. The summed E-state index contributed by atoms with van der Waals surface area (Å²) >= 11 is 0. The zero-order valence-corrected chi connectivity index (χ0v) is 13.0. The first-order valence-corrected chi connectivity index (χ1v) is 7.73. The lowest BCUT2D eigenvalue weighted by atomic mass is 10.2. The van der Waals surface area contributed by atoms with Crippen molar-refractivity contribution in [2.45, 2.75) is 66.1 Å². The molecule has 1 aromatic heterocycles. The number of nitrogens with one attached hydrogen (secondary N) is 1. The van der Waals surface area contributed by atoms with E-state index in [9.17, 15) is 0 Å². The van der Waals surface area contributed by atoms with Crippen LogP contribution >= 0.6 is 0 Å². The zero-order chi connectivity index (χ0) is 14.1. The van der Waals surface area contributed by atoms with Gasteiger partial charge in [0.2, 0.25) is 0 Å². The second-order valence-corrected chi connectivity index (χ2v) is 5.23. The van der Waals surface area contributed by atoms with Gasteiger partial charge in [-0.1, -0.05) is 27.2 Å². The first-order chi connectivity index (χ1) is 9.21. The highest BCUT2D eigenvalue weighted by Crippen LogP contribution is 2.14. The van der Waals surface area contributed by atoms with Gasteiger partial charge < -0.3 is 9.73 Å². The van der Waals surface area contributed by atoms with Crippen LogP contribution in [-0.2, 0) is 13.1 Å². The molecular formula is C16H30N2O. The van der Waals surface area contributed by atoms with Crippen molar-refractivity contribution in [3.63, 3.8) is 0 Å². The van der Waals surface area contributed by atoms with E-state index in [2.05, 4.69) is 50.0 Å². The summed E-state index contributed by atoms with van der Waals surface area (Å²) in [5.41, 5.74) is 0. The fourth-order valence-corrected chi connectivity index (χ4v) is 2.13. The second-order valence-electron chi connectivity index (χ2n) is 5.23. The maximum absolute atomic E-state index is 5.89. The Labute approximate surface area is 118 Å². The monoisotopic (exact) mass is 266 g/mol. The maximum Gasteiger partial charge on any atom is 0.118 e. The molecule has 0 aliphatic rings. The van der Waals surface area contributed by atoms with Crippen LogP contribution in [0.1, 0.15) is 58.5 Å². The molecule has 0 spiro atoms. The molecule has 110 valence electrons. The SMILES string of the molecule is CCCCN(Cc1ccc(CNCC)o1)C(C)CC. The van der Waals surface area contributed by atoms with Crippen molar-refractivity contribution in [1.29, 1.82) is 0 Å². The summed E-state index contributed by atoms with van der Waals surface area (Å²) < 4.78 is 5.89. The number of hydrogen-bond donors (Lipinski definition) is 1. The van der Waals surface area contributed by atoms with Crippen molar-refractivity contribution in [3.05, 3.63) is 23.7 Å². The lowest BCUT2D eigenvalue weighted by molar-refractivity contribution is 0.176. The minimum atomic E-state index is 0.619. The molecule has 1 heterocycles. The standard InChI is InChI=1S/C16H30N2O/c1-5-8-11-18(14(4)6-2)13-16-10-9-15(19-16)12-17-7-3/h9-10,14,17H,5-8,11-13H2,1-4H3. The van der Waals surface area contributed by atoms with E-state index in [0.29, 0.717) is 6.04 Å². The molecule has 0 saturated heterocycles. The topological polar surface area (TPSA) is 28.4 Å². The molecule has 0 fully saturated rings. The normalized spacial score (nSPS) is 13.1. The van der Waals surface area contributed by atoms with E-state index in [1.54, 1.807) is 0 Å². The van der Waals surface area contributed by atoms with E-state index in [-0.39, 0.29) is 0 Å². The third kappa shape index (κ3) is 5.79. The fourth-order valence-electron chi connectivity index (χ4n) is 2.13. The van der Waals surface area contributed by atoms with Gasteiger partial charge in [-0.2, -0.15) is 0 Å². The summed E-state index contributed by atoms with van der Waals surface area (Å²) in [5, 5.41) is 3.29. The molecule has 3 nitrogen and oxygen atoms in total. The van der Waals surface area contributed by atoms with Crippen molar-refractivity contribution >= 4 is 0 Å². The van der Waals surface area contributed by atoms with Gasteiger partial charge >= 0.3 is 0 Å². The lowest BCUT2D eigenvalue weighted by Crippen LogP contribution is -2.32. The van der Waals surface area contributed by atoms with Crippen LogP contribution in [0.2, 0.25) is 0 Å². The molecule has 0 aliphatic carbocycles. The van der Waals surface area contributed by atoms with E-state index < -0.39 is 0 Å². The Morgan fingerprint density at radius 2 is 1.95 bits per heavy atom. The molecule has 1 unspecified atom stereocenters. The van der Waals surface area contributed by atoms with Crippen LogP contribution in [0.3, 0.4) is 0 Å². The second kappa shape index (κ2) is 9.16. The molecule has 0 radical (unpaired) electrons. The molecule has 1 N–H and O–H groups in total. The van der Waals surface area contributed by atoms with Gasteiger partial charge in [0.25, 0.3) is 0 Å². The quantitative estimate of drug-likeness (QED) is 0.698. The van der Waals surface area contributed by atoms with E-state index in [0.717, 1.165) is 37.7 Å². The predicted molar refractivity (Wildman–Crippen MR) is 81.2 cm³/mol. The summed E-state index contributed by atoms with van der Waals surface area (Å²) in [5.74, 6) is 2.13. The van der Waals surface area contributed by atoms with Crippen molar-refractivity contribution in [2.24, 2.45) is 0 Å². The molecule has 1 aromatic rings. The summed E-state index contributed by atoms with van der Waals surface area (Å²) in [6, 6.07) is 4.83. The van der Waals surface area contributed by atoms with Gasteiger partial charge in [0.1, 0.15) is 11.5 Å². The van der Waals surface area contributed by atoms with Gasteiger partial charge in [-0.3, -0.25) is 4.90 Å². The molecule has 0 saturated carbocycles. The highest BCUT2D eigenvalue weighted by Gasteiger charge is 2.14. The van der Waals surface area contributed by atoms with Gasteiger partial charge in [-0.15, -0.1) is 0 Å². The Morgan fingerprint density at radius 3 is 2.58 bits per heavy atom. The fraction of sp³-hybridized carbons (Fsp3) is 0.750. The van der Waals surface area contributed by atoms with Gasteiger partial charge in [0.15, 0.2) is 0 Å². The third-order valence-corrected chi connectivity index (χ3v) is 3.64. The molecule has 0 aromatic carbocycles. The average Bonchev–Trinajstić information content (AvgIpc) is 2.87. The van der Waals surface area contributed by atoms with Crippen molar-refractivity contribution in [3.8, 4) is 0 Å². The molecule has 0 aliphatic heterocycles. The smallest absolute Gasteiger partial charge is 0.118 e. The van der Waals surface area contributed by atoms with Crippen LogP contribution in [-0.4, -0.2) is 24.0 Å². The van der Waals surface area contributed by atoms with E-state index in [1.807, 2.05) is 0 Å².